The summed E-state index contributed by atoms with van der Waals surface area (Å²) in [5.74, 6) is 0.480. The van der Waals surface area contributed by atoms with Gasteiger partial charge >= 0.3 is 6.03 Å². The Bertz CT molecular complexity index is 636. The topological polar surface area (TPSA) is 52.7 Å². The van der Waals surface area contributed by atoms with E-state index in [2.05, 4.69) is 5.32 Å². The fourth-order valence-electron chi connectivity index (χ4n) is 3.67. The molecule has 1 aliphatic heterocycles. The average Bonchev–Trinajstić information content (AvgIpc) is 2.65. The number of nitrogens with zero attached hydrogens (tertiary/aromatic N) is 2. The number of halogens is 1. The first-order chi connectivity index (χ1) is 12.1. The first-order valence-electron chi connectivity index (χ1n) is 9.16. The number of amides is 3. The number of benzene rings is 1. The van der Waals surface area contributed by atoms with Crippen molar-refractivity contribution in [1.82, 2.24) is 9.80 Å². The smallest absolute Gasteiger partial charge is 0.321 e. The SMILES string of the molecule is Cc1c(Cl)cccc1NC(=O)N1CCN(C(=O)C2CCCCC2)CC1. The van der Waals surface area contributed by atoms with Crippen LogP contribution in [0.3, 0.4) is 0 Å². The molecule has 25 heavy (non-hydrogen) atoms. The lowest BCUT2D eigenvalue weighted by Gasteiger charge is -2.37. The molecule has 0 bridgehead atoms. The molecule has 0 unspecified atom stereocenters. The molecule has 1 saturated carbocycles. The van der Waals surface area contributed by atoms with Gasteiger partial charge in [-0.2, -0.15) is 0 Å². The van der Waals surface area contributed by atoms with Crippen molar-refractivity contribution in [3.63, 3.8) is 0 Å². The zero-order chi connectivity index (χ0) is 17.8. The largest absolute Gasteiger partial charge is 0.339 e. The highest BCUT2D eigenvalue weighted by atomic mass is 35.5. The standard InChI is InChI=1S/C19H26ClN3O2/c1-14-16(20)8-5-9-17(14)21-19(25)23-12-10-22(11-13-23)18(24)15-6-3-2-4-7-15/h5,8-9,15H,2-4,6-7,10-13H2,1H3,(H,21,25). The number of nitrogens with one attached hydrogen (secondary N) is 1. The van der Waals surface area contributed by atoms with Crippen molar-refractivity contribution < 1.29 is 9.59 Å². The van der Waals surface area contributed by atoms with Gasteiger partial charge in [-0.1, -0.05) is 36.9 Å². The lowest BCUT2D eigenvalue weighted by molar-refractivity contribution is -0.137. The lowest BCUT2D eigenvalue weighted by Crippen LogP contribution is -2.53. The molecular formula is C19H26ClN3O2. The van der Waals surface area contributed by atoms with E-state index in [1.165, 1.54) is 6.42 Å². The maximum atomic E-state index is 12.6. The van der Waals surface area contributed by atoms with Gasteiger partial charge in [-0.05, 0) is 37.5 Å². The Kier molecular flexibility index (Phi) is 5.84. The van der Waals surface area contributed by atoms with Crippen LogP contribution in [0.5, 0.6) is 0 Å². The van der Waals surface area contributed by atoms with Gasteiger partial charge in [-0.15, -0.1) is 0 Å². The average molecular weight is 364 g/mol. The van der Waals surface area contributed by atoms with Gasteiger partial charge < -0.3 is 15.1 Å². The van der Waals surface area contributed by atoms with Crippen LogP contribution in [-0.4, -0.2) is 47.9 Å². The number of carbonyl (C=O) groups is 2. The van der Waals surface area contributed by atoms with Crippen LogP contribution < -0.4 is 5.32 Å². The Labute approximate surface area is 154 Å². The number of piperazine rings is 1. The van der Waals surface area contributed by atoms with Gasteiger partial charge in [0.2, 0.25) is 5.91 Å². The number of hydrogen-bond acceptors (Lipinski definition) is 2. The Morgan fingerprint density at radius 2 is 1.68 bits per heavy atom. The molecule has 1 heterocycles. The van der Waals surface area contributed by atoms with Crippen LogP contribution in [0.4, 0.5) is 10.5 Å². The maximum Gasteiger partial charge on any atom is 0.321 e. The van der Waals surface area contributed by atoms with E-state index in [0.29, 0.717) is 31.2 Å². The zero-order valence-corrected chi connectivity index (χ0v) is 15.5. The summed E-state index contributed by atoms with van der Waals surface area (Å²) in [7, 11) is 0. The van der Waals surface area contributed by atoms with Crippen LogP contribution in [0.2, 0.25) is 5.02 Å². The molecule has 1 N–H and O–H groups in total. The first-order valence-corrected chi connectivity index (χ1v) is 9.54. The van der Waals surface area contributed by atoms with Gasteiger partial charge in [0.25, 0.3) is 0 Å². The molecule has 0 radical (unpaired) electrons. The van der Waals surface area contributed by atoms with Crippen molar-refractivity contribution in [2.24, 2.45) is 5.92 Å². The van der Waals surface area contributed by atoms with E-state index in [9.17, 15) is 9.59 Å². The van der Waals surface area contributed by atoms with Crippen molar-refractivity contribution in [2.75, 3.05) is 31.5 Å². The van der Waals surface area contributed by atoms with Crippen molar-refractivity contribution in [2.45, 2.75) is 39.0 Å². The molecule has 0 atom stereocenters. The van der Waals surface area contributed by atoms with Gasteiger partial charge in [-0.3, -0.25) is 4.79 Å². The first kappa shape index (κ1) is 18.1. The van der Waals surface area contributed by atoms with E-state index in [0.717, 1.165) is 36.9 Å². The molecule has 1 aliphatic carbocycles. The molecule has 2 aliphatic rings. The lowest BCUT2D eigenvalue weighted by atomic mass is 9.88. The number of urea groups is 1. The Hall–Kier alpha value is -1.75. The highest BCUT2D eigenvalue weighted by Crippen LogP contribution is 2.26. The predicted octanol–water partition coefficient (Wildman–Crippen LogP) is 3.90. The number of anilines is 1. The van der Waals surface area contributed by atoms with Gasteiger partial charge in [0.1, 0.15) is 0 Å². The number of hydrogen-bond donors (Lipinski definition) is 1. The molecule has 5 nitrogen and oxygen atoms in total. The molecule has 1 aromatic rings. The van der Waals surface area contributed by atoms with E-state index in [-0.39, 0.29) is 17.9 Å². The summed E-state index contributed by atoms with van der Waals surface area (Å²) in [6.07, 6.45) is 5.62. The number of rotatable bonds is 2. The summed E-state index contributed by atoms with van der Waals surface area (Å²) in [6.45, 7) is 4.28. The summed E-state index contributed by atoms with van der Waals surface area (Å²) in [5, 5.41) is 3.57. The molecule has 1 saturated heterocycles. The second-order valence-electron chi connectivity index (χ2n) is 6.99. The third-order valence-electron chi connectivity index (χ3n) is 5.34. The van der Waals surface area contributed by atoms with Crippen LogP contribution in [0.25, 0.3) is 0 Å². The normalized spacial score (nSPS) is 19.0. The Balaban J connectivity index is 1.52. The monoisotopic (exact) mass is 363 g/mol. The summed E-state index contributed by atoms with van der Waals surface area (Å²) < 4.78 is 0. The van der Waals surface area contributed by atoms with Gasteiger partial charge in [-0.25, -0.2) is 4.79 Å². The summed E-state index contributed by atoms with van der Waals surface area (Å²) in [4.78, 5) is 28.8. The molecule has 3 rings (SSSR count). The molecule has 0 aromatic heterocycles. The Morgan fingerprint density at radius 3 is 2.36 bits per heavy atom. The van der Waals surface area contributed by atoms with Crippen LogP contribution in [0.15, 0.2) is 18.2 Å². The summed E-state index contributed by atoms with van der Waals surface area (Å²) >= 11 is 6.10. The second kappa shape index (κ2) is 8.09. The van der Waals surface area contributed by atoms with E-state index in [4.69, 9.17) is 11.6 Å². The van der Waals surface area contributed by atoms with Crippen molar-refractivity contribution >= 4 is 29.2 Å². The second-order valence-corrected chi connectivity index (χ2v) is 7.40. The van der Waals surface area contributed by atoms with Crippen molar-refractivity contribution in [3.8, 4) is 0 Å². The minimum atomic E-state index is -0.130. The Morgan fingerprint density at radius 1 is 1.04 bits per heavy atom. The predicted molar refractivity (Wildman–Crippen MR) is 99.9 cm³/mol. The molecule has 136 valence electrons. The molecular weight excluding hydrogens is 338 g/mol. The fourth-order valence-corrected chi connectivity index (χ4v) is 3.85. The molecule has 0 spiro atoms. The van der Waals surface area contributed by atoms with Crippen LogP contribution in [0, 0.1) is 12.8 Å². The fraction of sp³-hybridized carbons (Fsp3) is 0.579. The van der Waals surface area contributed by atoms with Crippen molar-refractivity contribution in [1.29, 1.82) is 0 Å². The van der Waals surface area contributed by atoms with Gasteiger partial charge in [0.15, 0.2) is 0 Å². The molecule has 6 heteroatoms. The highest BCUT2D eigenvalue weighted by Gasteiger charge is 2.29. The van der Waals surface area contributed by atoms with E-state index in [1.54, 1.807) is 4.90 Å². The van der Waals surface area contributed by atoms with E-state index >= 15 is 0 Å². The third-order valence-corrected chi connectivity index (χ3v) is 5.75. The highest BCUT2D eigenvalue weighted by molar-refractivity contribution is 6.31. The van der Waals surface area contributed by atoms with Crippen molar-refractivity contribution in [3.05, 3.63) is 28.8 Å². The molecule has 3 amide bonds. The molecule has 2 fully saturated rings. The van der Waals surface area contributed by atoms with E-state index in [1.807, 2.05) is 30.0 Å². The van der Waals surface area contributed by atoms with Crippen LogP contribution >= 0.6 is 11.6 Å². The van der Waals surface area contributed by atoms with E-state index < -0.39 is 0 Å². The van der Waals surface area contributed by atoms with Gasteiger partial charge in [0, 0.05) is 42.8 Å². The number of carbonyl (C=O) groups excluding carboxylic acids is 2. The maximum absolute atomic E-state index is 12.6. The summed E-state index contributed by atoms with van der Waals surface area (Å²) in [5.41, 5.74) is 1.60. The van der Waals surface area contributed by atoms with Crippen LogP contribution in [-0.2, 0) is 4.79 Å². The van der Waals surface area contributed by atoms with Crippen LogP contribution in [0.1, 0.15) is 37.7 Å². The third kappa shape index (κ3) is 4.27. The zero-order valence-electron chi connectivity index (χ0n) is 14.8. The van der Waals surface area contributed by atoms with Gasteiger partial charge in [0.05, 0.1) is 0 Å². The summed E-state index contributed by atoms with van der Waals surface area (Å²) in [6, 6.07) is 5.35. The molecule has 1 aromatic carbocycles. The minimum absolute atomic E-state index is 0.130. The minimum Gasteiger partial charge on any atom is -0.339 e. The quantitative estimate of drug-likeness (QED) is 0.866.